The van der Waals surface area contributed by atoms with E-state index in [-0.39, 0.29) is 31.5 Å². The van der Waals surface area contributed by atoms with Gasteiger partial charge in [0.2, 0.25) is 5.91 Å². The summed E-state index contributed by atoms with van der Waals surface area (Å²) in [7, 11) is 0. The topological polar surface area (TPSA) is 60.9 Å². The molecule has 5 nitrogen and oxygen atoms in total. The third-order valence-corrected chi connectivity index (χ3v) is 5.62. The molecule has 1 saturated heterocycles. The van der Waals surface area contributed by atoms with Crippen molar-refractivity contribution in [2.24, 2.45) is 0 Å². The lowest BCUT2D eigenvalue weighted by Crippen LogP contribution is -2.51. The molecule has 1 fully saturated rings. The second-order valence-corrected chi connectivity index (χ2v) is 9.35. The van der Waals surface area contributed by atoms with Crippen LogP contribution in [0.2, 0.25) is 0 Å². The fourth-order valence-electron chi connectivity index (χ4n) is 2.54. The number of β-amino-alcohol motifs (C(OH)–C–C–N with tert-alkyl or cyclic N) is 1. The zero-order chi connectivity index (χ0) is 19.5. The van der Waals surface area contributed by atoms with Gasteiger partial charge >= 0.3 is 0 Å². The van der Waals surface area contributed by atoms with Gasteiger partial charge in [0.05, 0.1) is 11.5 Å². The molecule has 140 valence electrons. The molecule has 0 atom stereocenters. The fraction of sp³-hybridized carbons (Fsp3) is 0.389. The molecule has 26 heavy (non-hydrogen) atoms. The van der Waals surface area contributed by atoms with E-state index in [0.29, 0.717) is 9.23 Å². The first kappa shape index (κ1) is 21.1. The van der Waals surface area contributed by atoms with Crippen molar-refractivity contribution in [2.45, 2.75) is 26.3 Å². The molecular weight excluding hydrogens is 436 g/mol. The SMILES string of the molecule is CC(C)(C)N(CCO)C(=O)CN1C(=O)/C(=C/c2cccc(Br)c2)SC1=S. The van der Waals surface area contributed by atoms with E-state index in [2.05, 4.69) is 15.9 Å². The van der Waals surface area contributed by atoms with Crippen LogP contribution in [0, 0.1) is 0 Å². The first-order chi connectivity index (χ1) is 12.1. The number of halogens is 1. The summed E-state index contributed by atoms with van der Waals surface area (Å²) in [6.07, 6.45) is 1.77. The molecule has 8 heteroatoms. The Kier molecular flexibility index (Phi) is 7.01. The Morgan fingerprint density at radius 3 is 2.69 bits per heavy atom. The lowest BCUT2D eigenvalue weighted by Gasteiger charge is -2.36. The van der Waals surface area contributed by atoms with E-state index in [1.54, 1.807) is 11.0 Å². The van der Waals surface area contributed by atoms with E-state index in [9.17, 15) is 14.7 Å². The van der Waals surface area contributed by atoms with E-state index in [0.717, 1.165) is 10.0 Å². The number of thioether (sulfide) groups is 1. The van der Waals surface area contributed by atoms with Crippen LogP contribution >= 0.6 is 39.9 Å². The van der Waals surface area contributed by atoms with Crippen LogP contribution < -0.4 is 0 Å². The van der Waals surface area contributed by atoms with Gasteiger partial charge in [-0.15, -0.1) is 0 Å². The Hall–Kier alpha value is -1.22. The Labute approximate surface area is 171 Å². The largest absolute Gasteiger partial charge is 0.395 e. The van der Waals surface area contributed by atoms with E-state index < -0.39 is 5.54 Å². The second-order valence-electron chi connectivity index (χ2n) is 6.76. The predicted octanol–water partition coefficient (Wildman–Crippen LogP) is 3.27. The van der Waals surface area contributed by atoms with Gasteiger partial charge in [0.25, 0.3) is 5.91 Å². The maximum Gasteiger partial charge on any atom is 0.266 e. The van der Waals surface area contributed by atoms with Crippen LogP contribution in [0.15, 0.2) is 33.6 Å². The Morgan fingerprint density at radius 1 is 1.42 bits per heavy atom. The highest BCUT2D eigenvalue weighted by molar-refractivity contribution is 9.10. The van der Waals surface area contributed by atoms with Crippen LogP contribution in [0.5, 0.6) is 0 Å². The van der Waals surface area contributed by atoms with Crippen molar-refractivity contribution in [3.05, 3.63) is 39.2 Å². The molecular formula is C18H21BrN2O3S2. The molecule has 2 rings (SSSR count). The highest BCUT2D eigenvalue weighted by Gasteiger charge is 2.36. The average Bonchev–Trinajstić information content (AvgIpc) is 2.79. The van der Waals surface area contributed by atoms with Gasteiger partial charge in [-0.3, -0.25) is 14.5 Å². The molecule has 0 unspecified atom stereocenters. The summed E-state index contributed by atoms with van der Waals surface area (Å²) in [5.41, 5.74) is 0.426. The maximum absolute atomic E-state index is 12.7. The number of hydrogen-bond acceptors (Lipinski definition) is 5. The quantitative estimate of drug-likeness (QED) is 0.544. The number of carbonyl (C=O) groups is 2. The van der Waals surface area contributed by atoms with Crippen molar-refractivity contribution >= 4 is 62.1 Å². The fourth-order valence-corrected chi connectivity index (χ4v) is 4.21. The van der Waals surface area contributed by atoms with Gasteiger partial charge < -0.3 is 10.0 Å². The number of nitrogens with zero attached hydrogens (tertiary/aromatic N) is 2. The number of benzene rings is 1. The molecule has 0 saturated carbocycles. The second kappa shape index (κ2) is 8.65. The normalized spacial score (nSPS) is 16.5. The Morgan fingerprint density at radius 2 is 2.12 bits per heavy atom. The molecule has 2 amide bonds. The third kappa shape index (κ3) is 5.16. The van der Waals surface area contributed by atoms with Gasteiger partial charge in [-0.1, -0.05) is 52.0 Å². The molecule has 1 aromatic carbocycles. The van der Waals surface area contributed by atoms with Crippen molar-refractivity contribution in [1.82, 2.24) is 9.80 Å². The average molecular weight is 457 g/mol. The van der Waals surface area contributed by atoms with Crippen LogP contribution in [0.3, 0.4) is 0 Å². The molecule has 1 aliphatic heterocycles. The first-order valence-electron chi connectivity index (χ1n) is 8.05. The zero-order valence-electron chi connectivity index (χ0n) is 14.9. The van der Waals surface area contributed by atoms with Crippen LogP contribution in [-0.4, -0.2) is 56.3 Å². The monoisotopic (exact) mass is 456 g/mol. The molecule has 1 aliphatic rings. The van der Waals surface area contributed by atoms with Crippen molar-refractivity contribution < 1.29 is 14.7 Å². The van der Waals surface area contributed by atoms with Crippen LogP contribution in [-0.2, 0) is 9.59 Å². The highest BCUT2D eigenvalue weighted by atomic mass is 79.9. The third-order valence-electron chi connectivity index (χ3n) is 3.75. The molecule has 1 aromatic rings. The predicted molar refractivity (Wildman–Crippen MR) is 113 cm³/mol. The lowest BCUT2D eigenvalue weighted by molar-refractivity contribution is -0.139. The molecule has 0 aromatic heterocycles. The van der Waals surface area contributed by atoms with Gasteiger partial charge in [-0.25, -0.2) is 0 Å². The first-order valence-corrected chi connectivity index (χ1v) is 10.1. The standard InChI is InChI=1S/C18H21BrN2O3S2/c1-18(2,3)21(7-8-22)15(23)11-20-16(24)14(26-17(20)25)10-12-5-4-6-13(19)9-12/h4-6,9-10,22H,7-8,11H2,1-3H3/b14-10-. The molecule has 1 heterocycles. The number of hydrogen-bond donors (Lipinski definition) is 1. The highest BCUT2D eigenvalue weighted by Crippen LogP contribution is 2.33. The number of thiocarbonyl (C=S) groups is 1. The molecule has 0 spiro atoms. The minimum absolute atomic E-state index is 0.127. The summed E-state index contributed by atoms with van der Waals surface area (Å²) in [6.45, 7) is 5.61. The number of aliphatic hydroxyl groups is 1. The summed E-state index contributed by atoms with van der Waals surface area (Å²) < 4.78 is 1.28. The zero-order valence-corrected chi connectivity index (χ0v) is 18.1. The van der Waals surface area contributed by atoms with E-state index in [4.69, 9.17) is 12.2 Å². The molecule has 0 aliphatic carbocycles. The van der Waals surface area contributed by atoms with Crippen LogP contribution in [0.1, 0.15) is 26.3 Å². The number of amides is 2. The smallest absolute Gasteiger partial charge is 0.266 e. The van der Waals surface area contributed by atoms with Crippen LogP contribution in [0.25, 0.3) is 6.08 Å². The summed E-state index contributed by atoms with van der Waals surface area (Å²) in [5.74, 6) is -0.516. The minimum atomic E-state index is -0.452. The molecule has 1 N–H and O–H groups in total. The van der Waals surface area contributed by atoms with E-state index >= 15 is 0 Å². The lowest BCUT2D eigenvalue weighted by atomic mass is 10.1. The molecule has 0 bridgehead atoms. The van der Waals surface area contributed by atoms with Crippen LogP contribution in [0.4, 0.5) is 0 Å². The summed E-state index contributed by atoms with van der Waals surface area (Å²) in [4.78, 5) is 28.7. The van der Waals surface area contributed by atoms with E-state index in [1.807, 2.05) is 45.0 Å². The number of aliphatic hydroxyl groups excluding tert-OH is 1. The summed E-state index contributed by atoms with van der Waals surface area (Å²) in [5, 5.41) is 9.23. The van der Waals surface area contributed by atoms with Gasteiger partial charge in [-0.05, 0) is 44.5 Å². The molecule has 0 radical (unpaired) electrons. The van der Waals surface area contributed by atoms with Crippen molar-refractivity contribution in [3.8, 4) is 0 Å². The summed E-state index contributed by atoms with van der Waals surface area (Å²) >= 11 is 9.89. The number of carbonyl (C=O) groups excluding carboxylic acids is 2. The van der Waals surface area contributed by atoms with Crippen molar-refractivity contribution in [1.29, 1.82) is 0 Å². The summed E-state index contributed by atoms with van der Waals surface area (Å²) in [6, 6.07) is 7.59. The van der Waals surface area contributed by atoms with E-state index in [1.165, 1.54) is 16.7 Å². The van der Waals surface area contributed by atoms with Crippen molar-refractivity contribution in [3.63, 3.8) is 0 Å². The maximum atomic E-state index is 12.7. The Balaban J connectivity index is 2.17. The number of rotatable bonds is 5. The minimum Gasteiger partial charge on any atom is -0.395 e. The van der Waals surface area contributed by atoms with Crippen molar-refractivity contribution in [2.75, 3.05) is 19.7 Å². The van der Waals surface area contributed by atoms with Gasteiger partial charge in [-0.2, -0.15) is 0 Å². The van der Waals surface area contributed by atoms with Gasteiger partial charge in [0, 0.05) is 16.6 Å². The Bertz CT molecular complexity index is 759. The van der Waals surface area contributed by atoms with Gasteiger partial charge in [0.15, 0.2) is 0 Å². The van der Waals surface area contributed by atoms with Gasteiger partial charge in [0.1, 0.15) is 10.9 Å².